The quantitative estimate of drug-likeness (QED) is 0.910. The van der Waals surface area contributed by atoms with Gasteiger partial charge in [0, 0.05) is 19.6 Å². The van der Waals surface area contributed by atoms with Crippen molar-refractivity contribution in [3.05, 3.63) is 30.1 Å². The van der Waals surface area contributed by atoms with Gasteiger partial charge in [0.05, 0.1) is 5.75 Å². The van der Waals surface area contributed by atoms with Gasteiger partial charge in [0.15, 0.2) is 9.84 Å². The van der Waals surface area contributed by atoms with Crippen LogP contribution in [0.4, 0.5) is 9.18 Å². The predicted octanol–water partition coefficient (Wildman–Crippen LogP) is 1.90. The molecule has 1 aliphatic heterocycles. The van der Waals surface area contributed by atoms with Crippen molar-refractivity contribution in [1.82, 2.24) is 10.2 Å². The molecule has 3 rings (SSSR count). The Hall–Kier alpha value is -1.63. The van der Waals surface area contributed by atoms with E-state index in [1.165, 1.54) is 18.2 Å². The molecule has 0 bridgehead atoms. The van der Waals surface area contributed by atoms with Crippen LogP contribution in [0.1, 0.15) is 13.8 Å². The van der Waals surface area contributed by atoms with Gasteiger partial charge < -0.3 is 10.2 Å². The number of urea groups is 1. The van der Waals surface area contributed by atoms with E-state index in [1.54, 1.807) is 4.90 Å². The second kappa shape index (κ2) is 5.47. The van der Waals surface area contributed by atoms with Crippen molar-refractivity contribution in [3.63, 3.8) is 0 Å². The van der Waals surface area contributed by atoms with E-state index in [0.29, 0.717) is 17.3 Å². The molecule has 2 amide bonds. The molecular formula is C16H21FN2O3S. The third-order valence-corrected chi connectivity index (χ3v) is 6.97. The highest BCUT2D eigenvalue weighted by atomic mass is 32.2. The first kappa shape index (κ1) is 16.2. The van der Waals surface area contributed by atoms with Gasteiger partial charge in [-0.3, -0.25) is 0 Å². The maximum Gasteiger partial charge on any atom is 0.317 e. The molecule has 1 aromatic rings. The Kier molecular flexibility index (Phi) is 3.86. The van der Waals surface area contributed by atoms with E-state index in [0.717, 1.165) is 19.2 Å². The summed E-state index contributed by atoms with van der Waals surface area (Å²) in [4.78, 5) is 13.5. The Bertz CT molecular complexity index is 719. The zero-order valence-corrected chi connectivity index (χ0v) is 14.1. The second-order valence-electron chi connectivity index (χ2n) is 6.92. The van der Waals surface area contributed by atoms with E-state index in [9.17, 15) is 17.6 Å². The maximum atomic E-state index is 13.6. The van der Waals surface area contributed by atoms with Gasteiger partial charge in [0.2, 0.25) is 0 Å². The topological polar surface area (TPSA) is 66.5 Å². The zero-order valence-electron chi connectivity index (χ0n) is 13.3. The van der Waals surface area contributed by atoms with Crippen molar-refractivity contribution < 1.29 is 17.6 Å². The molecular weight excluding hydrogens is 319 g/mol. The number of fused-ring (bicyclic) bond motifs is 1. The van der Waals surface area contributed by atoms with E-state index in [1.807, 2.05) is 0 Å². The standard InChI is InChI=1S/C16H21FN2O3S/c1-16(2)11-9-19(10-12(11)16)15(20)18-7-8-23(21,22)14-6-4-3-5-13(14)17/h3-6,11-12H,7-10H2,1-2H3,(H,18,20)/t11-,12+. The van der Waals surface area contributed by atoms with Crippen LogP contribution < -0.4 is 5.32 Å². The molecule has 1 aliphatic carbocycles. The lowest BCUT2D eigenvalue weighted by Gasteiger charge is -2.22. The first-order valence-electron chi connectivity index (χ1n) is 7.73. The lowest BCUT2D eigenvalue weighted by atomic mass is 10.1. The summed E-state index contributed by atoms with van der Waals surface area (Å²) in [5, 5.41) is 2.62. The fourth-order valence-electron chi connectivity index (χ4n) is 3.51. The average Bonchev–Trinajstić information content (AvgIpc) is 2.86. The molecule has 1 saturated carbocycles. The molecule has 0 aromatic heterocycles. The fraction of sp³-hybridized carbons (Fsp3) is 0.562. The molecule has 1 aromatic carbocycles. The second-order valence-corrected chi connectivity index (χ2v) is 9.00. The number of sulfone groups is 1. The number of halogens is 1. The summed E-state index contributed by atoms with van der Waals surface area (Å²) in [5.74, 6) is 0.0257. The van der Waals surface area contributed by atoms with Crippen molar-refractivity contribution in [1.29, 1.82) is 0 Å². The molecule has 1 saturated heterocycles. The molecule has 0 radical (unpaired) electrons. The van der Waals surface area contributed by atoms with E-state index < -0.39 is 15.7 Å². The molecule has 1 heterocycles. The summed E-state index contributed by atoms with van der Waals surface area (Å²) < 4.78 is 37.8. The number of hydrogen-bond donors (Lipinski definition) is 1. The smallest absolute Gasteiger partial charge is 0.317 e. The molecule has 0 spiro atoms. The summed E-state index contributed by atoms with van der Waals surface area (Å²) in [5.41, 5.74) is 0.324. The fourth-order valence-corrected chi connectivity index (χ4v) is 4.75. The lowest BCUT2D eigenvalue weighted by Crippen LogP contribution is -2.42. The summed E-state index contributed by atoms with van der Waals surface area (Å²) >= 11 is 0. The number of benzene rings is 1. The average molecular weight is 340 g/mol. The maximum absolute atomic E-state index is 13.6. The highest BCUT2D eigenvalue weighted by molar-refractivity contribution is 7.91. The van der Waals surface area contributed by atoms with Crippen LogP contribution in [0.25, 0.3) is 0 Å². The molecule has 23 heavy (non-hydrogen) atoms. The summed E-state index contributed by atoms with van der Waals surface area (Å²) in [6, 6.07) is 5.03. The SMILES string of the molecule is CC1(C)[C@@H]2CN(C(=O)NCCS(=O)(=O)c3ccccc3F)C[C@@H]21. The number of hydrogen-bond acceptors (Lipinski definition) is 3. The minimum atomic E-state index is -3.74. The minimum Gasteiger partial charge on any atom is -0.337 e. The Morgan fingerprint density at radius 1 is 1.30 bits per heavy atom. The van der Waals surface area contributed by atoms with Crippen LogP contribution in [-0.4, -0.2) is 44.7 Å². The van der Waals surface area contributed by atoms with Gasteiger partial charge in [-0.15, -0.1) is 0 Å². The molecule has 0 unspecified atom stereocenters. The lowest BCUT2D eigenvalue weighted by molar-refractivity contribution is 0.197. The van der Waals surface area contributed by atoms with Crippen molar-refractivity contribution in [3.8, 4) is 0 Å². The van der Waals surface area contributed by atoms with Gasteiger partial charge >= 0.3 is 6.03 Å². The van der Waals surface area contributed by atoms with E-state index >= 15 is 0 Å². The third kappa shape index (κ3) is 2.94. The first-order valence-corrected chi connectivity index (χ1v) is 9.39. The summed E-state index contributed by atoms with van der Waals surface area (Å²) in [6.45, 7) is 5.84. The molecule has 2 aliphatic rings. The number of nitrogens with one attached hydrogen (secondary N) is 1. The van der Waals surface area contributed by atoms with Crippen LogP contribution in [0.5, 0.6) is 0 Å². The predicted molar refractivity (Wildman–Crippen MR) is 84.2 cm³/mol. The van der Waals surface area contributed by atoms with Crippen LogP contribution in [0.3, 0.4) is 0 Å². The van der Waals surface area contributed by atoms with Gasteiger partial charge in [-0.1, -0.05) is 26.0 Å². The monoisotopic (exact) mass is 340 g/mol. The summed E-state index contributed by atoms with van der Waals surface area (Å²) in [7, 11) is -3.74. The Balaban J connectivity index is 1.50. The minimum absolute atomic E-state index is 0.0231. The van der Waals surface area contributed by atoms with Gasteiger partial charge in [-0.05, 0) is 29.4 Å². The summed E-state index contributed by atoms with van der Waals surface area (Å²) in [6.07, 6.45) is 0. The van der Waals surface area contributed by atoms with Crippen LogP contribution in [0.15, 0.2) is 29.2 Å². The normalized spacial score (nSPS) is 25.1. The van der Waals surface area contributed by atoms with Gasteiger partial charge in [-0.25, -0.2) is 17.6 Å². The van der Waals surface area contributed by atoms with Crippen LogP contribution in [0.2, 0.25) is 0 Å². The Labute approximate surface area is 135 Å². The van der Waals surface area contributed by atoms with Gasteiger partial charge in [0.1, 0.15) is 10.7 Å². The molecule has 7 heteroatoms. The molecule has 1 N–H and O–H groups in total. The number of carbonyl (C=O) groups excluding carboxylic acids is 1. The Morgan fingerprint density at radius 3 is 2.52 bits per heavy atom. The molecule has 2 fully saturated rings. The number of piperidine rings is 1. The van der Waals surface area contributed by atoms with Crippen molar-refractivity contribution in [2.45, 2.75) is 18.7 Å². The number of likely N-dealkylation sites (tertiary alicyclic amines) is 1. The largest absolute Gasteiger partial charge is 0.337 e. The number of rotatable bonds is 4. The number of carbonyl (C=O) groups is 1. The van der Waals surface area contributed by atoms with Crippen LogP contribution in [-0.2, 0) is 9.84 Å². The molecule has 2 atom stereocenters. The zero-order chi connectivity index (χ0) is 16.8. The van der Waals surface area contributed by atoms with Crippen molar-refractivity contribution in [2.24, 2.45) is 17.3 Å². The van der Waals surface area contributed by atoms with E-state index in [-0.39, 0.29) is 23.2 Å². The van der Waals surface area contributed by atoms with Crippen LogP contribution in [0, 0.1) is 23.1 Å². The van der Waals surface area contributed by atoms with Crippen molar-refractivity contribution >= 4 is 15.9 Å². The number of amides is 2. The first-order chi connectivity index (χ1) is 10.7. The van der Waals surface area contributed by atoms with Crippen molar-refractivity contribution in [2.75, 3.05) is 25.4 Å². The third-order valence-electron chi connectivity index (χ3n) is 5.23. The highest BCUT2D eigenvalue weighted by Gasteiger charge is 2.62. The van der Waals surface area contributed by atoms with Gasteiger partial charge in [0.25, 0.3) is 0 Å². The highest BCUT2D eigenvalue weighted by Crippen LogP contribution is 2.61. The van der Waals surface area contributed by atoms with Gasteiger partial charge in [-0.2, -0.15) is 0 Å². The van der Waals surface area contributed by atoms with E-state index in [2.05, 4.69) is 19.2 Å². The van der Waals surface area contributed by atoms with Crippen LogP contribution >= 0.6 is 0 Å². The molecule has 5 nitrogen and oxygen atoms in total. The van der Waals surface area contributed by atoms with E-state index in [4.69, 9.17) is 0 Å². The molecule has 126 valence electrons. The Morgan fingerprint density at radius 2 is 1.91 bits per heavy atom. The number of nitrogens with zero attached hydrogens (tertiary/aromatic N) is 1.